The summed E-state index contributed by atoms with van der Waals surface area (Å²) in [6.07, 6.45) is -3.14. The molecule has 12 heavy (non-hydrogen) atoms. The zero-order valence-electron chi connectivity index (χ0n) is 6.60. The first-order chi connectivity index (χ1) is 5.50. The van der Waals surface area contributed by atoms with E-state index in [4.69, 9.17) is 10.5 Å². The summed E-state index contributed by atoms with van der Waals surface area (Å²) in [5, 5.41) is 0. The summed E-state index contributed by atoms with van der Waals surface area (Å²) in [5.41, 5.74) is 4.93. The van der Waals surface area contributed by atoms with Crippen LogP contribution in [0.1, 0.15) is 19.3 Å². The molecule has 2 nitrogen and oxygen atoms in total. The second-order valence-corrected chi connectivity index (χ2v) is 3.02. The standard InChI is InChI=1S/C7H12F3NO/c8-7(9,10)6(11)4-5-2-1-3-12-5/h5-6H,1-4,11H2/t5-,6-/m1/s1. The van der Waals surface area contributed by atoms with Gasteiger partial charge >= 0.3 is 6.18 Å². The van der Waals surface area contributed by atoms with E-state index in [1.807, 2.05) is 0 Å². The molecule has 1 saturated heterocycles. The summed E-state index contributed by atoms with van der Waals surface area (Å²) >= 11 is 0. The molecule has 0 bridgehead atoms. The van der Waals surface area contributed by atoms with E-state index in [-0.39, 0.29) is 12.5 Å². The van der Waals surface area contributed by atoms with Crippen molar-refractivity contribution >= 4 is 0 Å². The van der Waals surface area contributed by atoms with Gasteiger partial charge in [0.25, 0.3) is 0 Å². The highest BCUT2D eigenvalue weighted by Crippen LogP contribution is 2.25. The lowest BCUT2D eigenvalue weighted by Crippen LogP contribution is -2.39. The molecule has 0 radical (unpaired) electrons. The first-order valence-corrected chi connectivity index (χ1v) is 3.94. The van der Waals surface area contributed by atoms with Gasteiger partial charge in [0.05, 0.1) is 6.10 Å². The van der Waals surface area contributed by atoms with Gasteiger partial charge in [-0.05, 0) is 19.3 Å². The highest BCUT2D eigenvalue weighted by Gasteiger charge is 2.38. The minimum atomic E-state index is -4.29. The van der Waals surface area contributed by atoms with E-state index in [1.165, 1.54) is 0 Å². The minimum Gasteiger partial charge on any atom is -0.378 e. The van der Waals surface area contributed by atoms with Crippen molar-refractivity contribution in [3.63, 3.8) is 0 Å². The zero-order chi connectivity index (χ0) is 9.19. The molecule has 2 atom stereocenters. The van der Waals surface area contributed by atoms with Gasteiger partial charge in [0, 0.05) is 6.61 Å². The largest absolute Gasteiger partial charge is 0.403 e. The summed E-state index contributed by atoms with van der Waals surface area (Å²) in [5.74, 6) is 0. The summed E-state index contributed by atoms with van der Waals surface area (Å²) in [6, 6.07) is -1.74. The molecule has 0 aromatic rings. The molecular formula is C7H12F3NO. The Balaban J connectivity index is 2.30. The number of hydrogen-bond acceptors (Lipinski definition) is 2. The van der Waals surface area contributed by atoms with Crippen LogP contribution in [0.2, 0.25) is 0 Å². The van der Waals surface area contributed by atoms with Crippen LogP contribution in [-0.2, 0) is 4.74 Å². The van der Waals surface area contributed by atoms with Gasteiger partial charge in [-0.15, -0.1) is 0 Å². The van der Waals surface area contributed by atoms with Gasteiger partial charge in [0.1, 0.15) is 6.04 Å². The van der Waals surface area contributed by atoms with E-state index in [1.54, 1.807) is 0 Å². The topological polar surface area (TPSA) is 35.2 Å². The number of hydrogen-bond donors (Lipinski definition) is 1. The van der Waals surface area contributed by atoms with Crippen LogP contribution in [0, 0.1) is 0 Å². The molecule has 2 N–H and O–H groups in total. The van der Waals surface area contributed by atoms with Crippen LogP contribution in [0.4, 0.5) is 13.2 Å². The molecular weight excluding hydrogens is 171 g/mol. The predicted octanol–water partition coefficient (Wildman–Crippen LogP) is 1.45. The third kappa shape index (κ3) is 2.64. The quantitative estimate of drug-likeness (QED) is 0.703. The third-order valence-corrected chi connectivity index (χ3v) is 1.96. The van der Waals surface area contributed by atoms with Crippen molar-refractivity contribution < 1.29 is 17.9 Å². The molecule has 0 aromatic carbocycles. The maximum Gasteiger partial charge on any atom is 0.403 e. The molecule has 1 rings (SSSR count). The Morgan fingerprint density at radius 3 is 2.58 bits per heavy atom. The van der Waals surface area contributed by atoms with Gasteiger partial charge in [-0.2, -0.15) is 13.2 Å². The summed E-state index contributed by atoms with van der Waals surface area (Å²) in [6.45, 7) is 0.565. The average Bonchev–Trinajstić information content (AvgIpc) is 2.37. The smallest absolute Gasteiger partial charge is 0.378 e. The van der Waals surface area contributed by atoms with Gasteiger partial charge in [-0.1, -0.05) is 0 Å². The fourth-order valence-corrected chi connectivity index (χ4v) is 1.25. The summed E-state index contributed by atoms with van der Waals surface area (Å²) in [4.78, 5) is 0. The first kappa shape index (κ1) is 9.80. The molecule has 0 spiro atoms. The highest BCUT2D eigenvalue weighted by molar-refractivity contribution is 4.77. The van der Waals surface area contributed by atoms with E-state index in [2.05, 4.69) is 0 Å². The third-order valence-electron chi connectivity index (χ3n) is 1.96. The summed E-state index contributed by atoms with van der Waals surface area (Å²) < 4.78 is 40.8. The molecule has 1 aliphatic rings. The Morgan fingerprint density at radius 1 is 1.50 bits per heavy atom. The van der Waals surface area contributed by atoms with Crippen molar-refractivity contribution in [2.24, 2.45) is 5.73 Å². The van der Waals surface area contributed by atoms with Crippen molar-refractivity contribution in [1.82, 2.24) is 0 Å². The molecule has 0 unspecified atom stereocenters. The number of alkyl halides is 3. The van der Waals surface area contributed by atoms with Crippen LogP contribution in [0.5, 0.6) is 0 Å². The lowest BCUT2D eigenvalue weighted by atomic mass is 10.1. The van der Waals surface area contributed by atoms with Gasteiger partial charge in [0.2, 0.25) is 0 Å². The fraction of sp³-hybridized carbons (Fsp3) is 1.00. The molecule has 1 aliphatic heterocycles. The normalized spacial score (nSPS) is 27.5. The van der Waals surface area contributed by atoms with Crippen molar-refractivity contribution in [3.8, 4) is 0 Å². The van der Waals surface area contributed by atoms with Crippen molar-refractivity contribution in [2.45, 2.75) is 37.6 Å². The number of halogens is 3. The molecule has 72 valence electrons. The van der Waals surface area contributed by atoms with E-state index in [0.717, 1.165) is 6.42 Å². The van der Waals surface area contributed by atoms with Crippen LogP contribution in [-0.4, -0.2) is 24.9 Å². The molecule has 5 heteroatoms. The molecule has 0 saturated carbocycles. The highest BCUT2D eigenvalue weighted by atomic mass is 19.4. The SMILES string of the molecule is N[C@H](C[C@H]1CCCO1)C(F)(F)F. The Kier molecular flexibility index (Phi) is 2.95. The molecule has 1 fully saturated rings. The van der Waals surface area contributed by atoms with E-state index >= 15 is 0 Å². The monoisotopic (exact) mass is 183 g/mol. The van der Waals surface area contributed by atoms with E-state index in [9.17, 15) is 13.2 Å². The van der Waals surface area contributed by atoms with Crippen LogP contribution in [0.3, 0.4) is 0 Å². The van der Waals surface area contributed by atoms with Crippen LogP contribution >= 0.6 is 0 Å². The second-order valence-electron chi connectivity index (χ2n) is 3.02. The van der Waals surface area contributed by atoms with E-state index in [0.29, 0.717) is 13.0 Å². The van der Waals surface area contributed by atoms with Crippen molar-refractivity contribution in [1.29, 1.82) is 0 Å². The average molecular weight is 183 g/mol. The second kappa shape index (κ2) is 3.62. The Labute approximate surface area is 68.9 Å². The zero-order valence-corrected chi connectivity index (χ0v) is 6.60. The predicted molar refractivity (Wildman–Crippen MR) is 37.6 cm³/mol. The van der Waals surface area contributed by atoms with Crippen LogP contribution in [0.25, 0.3) is 0 Å². The lowest BCUT2D eigenvalue weighted by molar-refractivity contribution is -0.154. The molecule has 0 aliphatic carbocycles. The maximum atomic E-state index is 11.9. The molecule has 0 amide bonds. The van der Waals surface area contributed by atoms with Crippen LogP contribution in [0.15, 0.2) is 0 Å². The minimum absolute atomic E-state index is 0.108. The fourth-order valence-electron chi connectivity index (χ4n) is 1.25. The van der Waals surface area contributed by atoms with Gasteiger partial charge in [-0.3, -0.25) is 0 Å². The maximum absolute atomic E-state index is 11.9. The van der Waals surface area contributed by atoms with E-state index < -0.39 is 12.2 Å². The van der Waals surface area contributed by atoms with Crippen molar-refractivity contribution in [3.05, 3.63) is 0 Å². The van der Waals surface area contributed by atoms with Gasteiger partial charge in [-0.25, -0.2) is 0 Å². The van der Waals surface area contributed by atoms with Crippen LogP contribution < -0.4 is 5.73 Å². The summed E-state index contributed by atoms with van der Waals surface area (Å²) in [7, 11) is 0. The molecule has 1 heterocycles. The Bertz CT molecular complexity index is 142. The lowest BCUT2D eigenvalue weighted by Gasteiger charge is -2.18. The number of rotatable bonds is 2. The number of nitrogens with two attached hydrogens (primary N) is 1. The van der Waals surface area contributed by atoms with Gasteiger partial charge < -0.3 is 10.5 Å². The first-order valence-electron chi connectivity index (χ1n) is 3.94. The Morgan fingerprint density at radius 2 is 2.17 bits per heavy atom. The van der Waals surface area contributed by atoms with Gasteiger partial charge in [0.15, 0.2) is 0 Å². The molecule has 0 aromatic heterocycles. The Hall–Kier alpha value is -0.290. The van der Waals surface area contributed by atoms with Crippen molar-refractivity contribution in [2.75, 3.05) is 6.61 Å². The number of ether oxygens (including phenoxy) is 1.